The Morgan fingerprint density at radius 3 is 2.76 bits per heavy atom. The molecule has 1 saturated heterocycles. The number of aromatic nitrogens is 2. The minimum Gasteiger partial charge on any atom is -0.474 e. The Hall–Kier alpha value is -1.90. The third-order valence-corrected chi connectivity index (χ3v) is 7.17. The van der Waals surface area contributed by atoms with Gasteiger partial charge in [0, 0.05) is 18.3 Å². The molecule has 1 aromatic carbocycles. The van der Waals surface area contributed by atoms with Gasteiger partial charge in [-0.1, -0.05) is 6.92 Å². The molecule has 1 fully saturated rings. The number of fused-ring (bicyclic) bond motifs is 1. The third-order valence-electron chi connectivity index (χ3n) is 5.26. The molecule has 1 aromatic heterocycles. The van der Waals surface area contributed by atoms with Gasteiger partial charge in [-0.3, -0.25) is 0 Å². The molecular weight excluding hydrogens is 412 g/mol. The smallest absolute Gasteiger partial charge is 0.218 e. The van der Waals surface area contributed by atoms with Crippen molar-refractivity contribution in [1.29, 1.82) is 0 Å². The summed E-state index contributed by atoms with van der Waals surface area (Å²) in [5.74, 6) is 1.55. The molecule has 2 aliphatic rings. The molecule has 0 radical (unpaired) electrons. The van der Waals surface area contributed by atoms with Gasteiger partial charge >= 0.3 is 0 Å². The zero-order valence-electron chi connectivity index (χ0n) is 16.5. The van der Waals surface area contributed by atoms with E-state index in [1.165, 1.54) is 6.33 Å². The van der Waals surface area contributed by atoms with E-state index in [-0.39, 0.29) is 24.3 Å². The maximum atomic E-state index is 12.4. The molecule has 0 aliphatic carbocycles. The first-order valence-electron chi connectivity index (χ1n) is 9.89. The van der Waals surface area contributed by atoms with Crippen LogP contribution < -0.4 is 15.0 Å². The molecule has 0 saturated carbocycles. The van der Waals surface area contributed by atoms with Crippen molar-refractivity contribution >= 4 is 33.7 Å². The van der Waals surface area contributed by atoms with E-state index in [0.29, 0.717) is 17.2 Å². The number of halogens is 1. The lowest BCUT2D eigenvalue weighted by molar-refractivity contribution is 0.156. The number of piperidine rings is 1. The van der Waals surface area contributed by atoms with E-state index in [9.17, 15) is 8.42 Å². The van der Waals surface area contributed by atoms with Crippen LogP contribution in [0.25, 0.3) is 0 Å². The number of rotatable bonds is 6. The lowest BCUT2D eigenvalue weighted by atomic mass is 10.1. The molecule has 4 rings (SSSR count). The van der Waals surface area contributed by atoms with Crippen LogP contribution >= 0.6 is 12.4 Å². The Morgan fingerprint density at radius 1 is 1.21 bits per heavy atom. The Labute approximate surface area is 178 Å². The third kappa shape index (κ3) is 4.82. The summed E-state index contributed by atoms with van der Waals surface area (Å²) in [6.45, 7) is 4.57. The lowest BCUT2D eigenvalue weighted by Gasteiger charge is -2.24. The van der Waals surface area contributed by atoms with Gasteiger partial charge in [0.2, 0.25) is 5.88 Å². The van der Waals surface area contributed by atoms with Gasteiger partial charge in [0.25, 0.3) is 0 Å². The second-order valence-electron chi connectivity index (χ2n) is 7.29. The standard InChI is InChI=1S/C20H26N4O3S.ClH/c1-2-11-28(25,26)17-3-4-18-15(12-17)7-10-24(18)19-13-20(23-14-22-19)27-16-5-8-21-9-6-16;/h3-4,12-14,16,21H,2,5-11H2,1H3;1H. The molecule has 0 amide bonds. The van der Waals surface area contributed by atoms with Crippen LogP contribution in [0, 0.1) is 0 Å². The zero-order chi connectivity index (χ0) is 19.6. The van der Waals surface area contributed by atoms with E-state index < -0.39 is 9.84 Å². The largest absolute Gasteiger partial charge is 0.474 e. The SMILES string of the molecule is CCCS(=O)(=O)c1ccc2c(c1)CCN2c1cc(OC2CCNCC2)ncn1.Cl. The Morgan fingerprint density at radius 2 is 2.00 bits per heavy atom. The minimum atomic E-state index is -3.21. The molecule has 0 atom stereocenters. The van der Waals surface area contributed by atoms with Gasteiger partial charge in [0.1, 0.15) is 18.2 Å². The van der Waals surface area contributed by atoms with Gasteiger partial charge in [0.15, 0.2) is 9.84 Å². The molecule has 29 heavy (non-hydrogen) atoms. The van der Waals surface area contributed by atoms with E-state index in [1.54, 1.807) is 6.07 Å². The van der Waals surface area contributed by atoms with Crippen molar-refractivity contribution in [1.82, 2.24) is 15.3 Å². The fourth-order valence-corrected chi connectivity index (χ4v) is 5.19. The summed E-state index contributed by atoms with van der Waals surface area (Å²) in [6, 6.07) is 7.28. The van der Waals surface area contributed by atoms with Crippen LogP contribution in [0.5, 0.6) is 5.88 Å². The first-order valence-corrected chi connectivity index (χ1v) is 11.5. The second-order valence-corrected chi connectivity index (χ2v) is 9.40. The van der Waals surface area contributed by atoms with Crippen molar-refractivity contribution in [3.05, 3.63) is 36.2 Å². The van der Waals surface area contributed by atoms with Gasteiger partial charge in [-0.05, 0) is 62.5 Å². The molecule has 2 aromatic rings. The molecule has 7 nitrogen and oxygen atoms in total. The topological polar surface area (TPSA) is 84.4 Å². The minimum absolute atomic E-state index is 0. The first-order chi connectivity index (χ1) is 13.6. The molecule has 3 heterocycles. The summed E-state index contributed by atoms with van der Waals surface area (Å²) in [5, 5.41) is 3.33. The molecule has 158 valence electrons. The summed E-state index contributed by atoms with van der Waals surface area (Å²) in [7, 11) is -3.21. The number of nitrogens with zero attached hydrogens (tertiary/aromatic N) is 3. The predicted molar refractivity (Wildman–Crippen MR) is 115 cm³/mol. The summed E-state index contributed by atoms with van der Waals surface area (Å²) < 4.78 is 30.8. The van der Waals surface area contributed by atoms with E-state index in [1.807, 2.05) is 25.1 Å². The quantitative estimate of drug-likeness (QED) is 0.742. The van der Waals surface area contributed by atoms with Crippen LogP contribution in [0.4, 0.5) is 11.5 Å². The number of nitrogens with one attached hydrogen (secondary N) is 1. The molecule has 0 unspecified atom stereocenters. The van der Waals surface area contributed by atoms with E-state index in [4.69, 9.17) is 4.74 Å². The summed E-state index contributed by atoms with van der Waals surface area (Å²) in [5.41, 5.74) is 2.04. The van der Waals surface area contributed by atoms with Crippen molar-refractivity contribution in [2.45, 2.75) is 43.6 Å². The van der Waals surface area contributed by atoms with Crippen LogP contribution in [0.1, 0.15) is 31.7 Å². The number of benzene rings is 1. The van der Waals surface area contributed by atoms with Crippen molar-refractivity contribution in [3.63, 3.8) is 0 Å². The maximum absolute atomic E-state index is 12.4. The average molecular weight is 439 g/mol. The summed E-state index contributed by atoms with van der Waals surface area (Å²) in [4.78, 5) is 11.2. The van der Waals surface area contributed by atoms with Gasteiger partial charge < -0.3 is 15.0 Å². The first kappa shape index (κ1) is 21.8. The van der Waals surface area contributed by atoms with Crippen LogP contribution in [-0.2, 0) is 16.3 Å². The highest BCUT2D eigenvalue weighted by atomic mass is 35.5. The molecule has 1 N–H and O–H groups in total. The Bertz CT molecular complexity index is 948. The Balaban J connectivity index is 0.00000240. The number of hydrogen-bond acceptors (Lipinski definition) is 7. The summed E-state index contributed by atoms with van der Waals surface area (Å²) >= 11 is 0. The highest BCUT2D eigenvalue weighted by molar-refractivity contribution is 7.91. The zero-order valence-corrected chi connectivity index (χ0v) is 18.1. The van der Waals surface area contributed by atoms with Crippen molar-refractivity contribution in [2.24, 2.45) is 0 Å². The van der Waals surface area contributed by atoms with Gasteiger partial charge in [-0.25, -0.2) is 18.4 Å². The molecule has 2 aliphatic heterocycles. The van der Waals surface area contributed by atoms with E-state index in [0.717, 1.165) is 56.0 Å². The van der Waals surface area contributed by atoms with E-state index >= 15 is 0 Å². The second kappa shape index (κ2) is 9.28. The lowest BCUT2D eigenvalue weighted by Crippen LogP contribution is -2.34. The average Bonchev–Trinajstić information content (AvgIpc) is 3.12. The van der Waals surface area contributed by atoms with Crippen LogP contribution in [0.2, 0.25) is 0 Å². The van der Waals surface area contributed by atoms with Crippen LogP contribution in [0.15, 0.2) is 35.5 Å². The summed E-state index contributed by atoms with van der Waals surface area (Å²) in [6.07, 6.45) is 5.07. The number of hydrogen-bond donors (Lipinski definition) is 1. The van der Waals surface area contributed by atoms with Crippen LogP contribution in [-0.4, -0.2) is 49.9 Å². The van der Waals surface area contributed by atoms with Crippen molar-refractivity contribution < 1.29 is 13.2 Å². The molecule has 0 spiro atoms. The maximum Gasteiger partial charge on any atom is 0.218 e. The van der Waals surface area contributed by atoms with E-state index in [2.05, 4.69) is 20.2 Å². The normalized spacial score (nSPS) is 16.9. The van der Waals surface area contributed by atoms with Crippen molar-refractivity contribution in [3.8, 4) is 5.88 Å². The predicted octanol–water partition coefficient (Wildman–Crippen LogP) is 2.91. The fraction of sp³-hybridized carbons (Fsp3) is 0.500. The van der Waals surface area contributed by atoms with Gasteiger partial charge in [0.05, 0.1) is 10.6 Å². The van der Waals surface area contributed by atoms with Gasteiger partial charge in [-0.2, -0.15) is 0 Å². The molecule has 0 bridgehead atoms. The highest BCUT2D eigenvalue weighted by Crippen LogP contribution is 2.35. The van der Waals surface area contributed by atoms with Crippen molar-refractivity contribution in [2.75, 3.05) is 30.3 Å². The Kier molecular flexibility index (Phi) is 6.97. The van der Waals surface area contributed by atoms with Gasteiger partial charge in [-0.15, -0.1) is 12.4 Å². The highest BCUT2D eigenvalue weighted by Gasteiger charge is 2.25. The number of ether oxygens (including phenoxy) is 1. The molecule has 9 heteroatoms. The number of anilines is 2. The monoisotopic (exact) mass is 438 g/mol. The molecular formula is C20H27ClN4O3S. The van der Waals surface area contributed by atoms with Crippen LogP contribution in [0.3, 0.4) is 0 Å². The fourth-order valence-electron chi connectivity index (χ4n) is 3.82. The number of sulfone groups is 1.